The van der Waals surface area contributed by atoms with Crippen LogP contribution in [0.2, 0.25) is 5.02 Å². The minimum Gasteiger partial charge on any atom is -0.308 e. The van der Waals surface area contributed by atoms with Gasteiger partial charge >= 0.3 is 0 Å². The van der Waals surface area contributed by atoms with Gasteiger partial charge in [0.1, 0.15) is 0 Å². The topological polar surface area (TPSA) is 22.0 Å². The molecule has 0 fully saturated rings. The first-order valence-electron chi connectivity index (χ1n) is 6.62. The molecule has 0 spiro atoms. The maximum atomic E-state index is 12.5. The molecule has 0 N–H and O–H groups in total. The lowest BCUT2D eigenvalue weighted by atomic mass is 10.1. The fraction of sp³-hybridized carbons (Fsp3) is 0.312. The van der Waals surface area contributed by atoms with E-state index in [1.807, 2.05) is 41.0 Å². The Kier molecular flexibility index (Phi) is 4.95. The van der Waals surface area contributed by atoms with Gasteiger partial charge in [-0.05, 0) is 29.7 Å². The molecule has 20 heavy (non-hydrogen) atoms. The highest BCUT2D eigenvalue weighted by Crippen LogP contribution is 2.22. The van der Waals surface area contributed by atoms with Crippen molar-refractivity contribution in [2.75, 3.05) is 0 Å². The molecule has 2 rings (SSSR count). The van der Waals surface area contributed by atoms with E-state index in [1.165, 1.54) is 0 Å². The number of pyridine rings is 1. The summed E-state index contributed by atoms with van der Waals surface area (Å²) >= 11 is 10.1. The minimum absolute atomic E-state index is 0.0427. The van der Waals surface area contributed by atoms with Crippen LogP contribution in [0.5, 0.6) is 0 Å². The van der Waals surface area contributed by atoms with Gasteiger partial charge in [0, 0.05) is 22.9 Å². The molecule has 0 bridgehead atoms. The van der Waals surface area contributed by atoms with Crippen molar-refractivity contribution in [3.05, 3.63) is 57.3 Å². The fourth-order valence-electron chi connectivity index (χ4n) is 2.16. The summed E-state index contributed by atoms with van der Waals surface area (Å²) in [4.78, 5) is 12.5. The molecule has 4 heteroatoms. The highest BCUT2D eigenvalue weighted by molar-refractivity contribution is 7.79. The number of halogens is 1. The zero-order valence-corrected chi connectivity index (χ0v) is 13.3. The quantitative estimate of drug-likeness (QED) is 0.838. The third-order valence-electron chi connectivity index (χ3n) is 3.11. The van der Waals surface area contributed by atoms with Crippen LogP contribution >= 0.6 is 24.2 Å². The van der Waals surface area contributed by atoms with Crippen LogP contribution < -0.4 is 5.56 Å². The van der Waals surface area contributed by atoms with E-state index in [0.29, 0.717) is 23.2 Å². The smallest absolute Gasteiger partial charge is 0.255 e. The Morgan fingerprint density at radius 3 is 2.35 bits per heavy atom. The molecule has 0 aliphatic rings. The molecular formula is C16H18ClNOS. The lowest BCUT2D eigenvalue weighted by Gasteiger charge is -2.16. The molecule has 1 heterocycles. The Labute approximate surface area is 129 Å². The number of rotatable bonds is 4. The third kappa shape index (κ3) is 3.28. The first-order chi connectivity index (χ1) is 9.52. The highest BCUT2D eigenvalue weighted by atomic mass is 35.5. The summed E-state index contributed by atoms with van der Waals surface area (Å²) < 4.78 is 1.83. The van der Waals surface area contributed by atoms with Crippen LogP contribution in [-0.2, 0) is 12.3 Å². The van der Waals surface area contributed by atoms with Gasteiger partial charge < -0.3 is 4.57 Å². The minimum atomic E-state index is 0.0427. The van der Waals surface area contributed by atoms with Gasteiger partial charge in [-0.2, -0.15) is 12.6 Å². The first-order valence-corrected chi connectivity index (χ1v) is 7.63. The van der Waals surface area contributed by atoms with E-state index in [9.17, 15) is 4.79 Å². The van der Waals surface area contributed by atoms with Gasteiger partial charge in [0.15, 0.2) is 0 Å². The summed E-state index contributed by atoms with van der Waals surface area (Å²) in [5, 5.41) is 0.693. The molecule has 0 aliphatic carbocycles. The summed E-state index contributed by atoms with van der Waals surface area (Å²) in [6, 6.07) is 11.4. The summed E-state index contributed by atoms with van der Waals surface area (Å²) in [7, 11) is 0. The van der Waals surface area contributed by atoms with E-state index in [4.69, 9.17) is 11.6 Å². The second kappa shape index (κ2) is 6.51. The van der Waals surface area contributed by atoms with E-state index in [0.717, 1.165) is 16.8 Å². The Hall–Kier alpha value is -1.19. The van der Waals surface area contributed by atoms with E-state index in [2.05, 4.69) is 26.5 Å². The van der Waals surface area contributed by atoms with E-state index < -0.39 is 0 Å². The van der Waals surface area contributed by atoms with Crippen molar-refractivity contribution in [2.45, 2.75) is 26.1 Å². The van der Waals surface area contributed by atoms with Gasteiger partial charge in [-0.25, -0.2) is 0 Å². The molecule has 0 saturated carbocycles. The molecule has 2 aromatic rings. The fourth-order valence-corrected chi connectivity index (χ4v) is 2.53. The van der Waals surface area contributed by atoms with Crippen molar-refractivity contribution in [1.82, 2.24) is 4.57 Å². The average Bonchev–Trinajstić information content (AvgIpc) is 2.42. The second-order valence-corrected chi connectivity index (χ2v) is 5.97. The molecule has 1 aromatic carbocycles. The number of hydrogen-bond donors (Lipinski definition) is 1. The monoisotopic (exact) mass is 307 g/mol. The standard InChI is InChI=1S/C16H18ClNOS/c1-11(2)9-18-15(8-5-13(10-20)16(18)19)12-3-6-14(17)7-4-12/h3-8,11,20H,9-10H2,1-2H3. The molecule has 0 unspecified atom stereocenters. The van der Waals surface area contributed by atoms with Crippen molar-refractivity contribution < 1.29 is 0 Å². The number of hydrogen-bond acceptors (Lipinski definition) is 2. The van der Waals surface area contributed by atoms with E-state index in [1.54, 1.807) is 0 Å². The summed E-state index contributed by atoms with van der Waals surface area (Å²) in [5.74, 6) is 0.853. The zero-order valence-electron chi connectivity index (χ0n) is 11.6. The average molecular weight is 308 g/mol. The van der Waals surface area contributed by atoms with E-state index in [-0.39, 0.29) is 5.56 Å². The van der Waals surface area contributed by atoms with Crippen molar-refractivity contribution in [1.29, 1.82) is 0 Å². The Morgan fingerprint density at radius 2 is 1.80 bits per heavy atom. The summed E-state index contributed by atoms with van der Waals surface area (Å²) in [6.45, 7) is 4.90. The highest BCUT2D eigenvalue weighted by Gasteiger charge is 2.11. The van der Waals surface area contributed by atoms with Crippen molar-refractivity contribution in [2.24, 2.45) is 5.92 Å². The zero-order chi connectivity index (χ0) is 14.7. The summed E-state index contributed by atoms with van der Waals surface area (Å²) in [6.07, 6.45) is 0. The Balaban J connectivity index is 2.60. The molecule has 0 atom stereocenters. The van der Waals surface area contributed by atoms with Crippen LogP contribution in [0.15, 0.2) is 41.2 Å². The molecule has 1 aromatic heterocycles. The van der Waals surface area contributed by atoms with Crippen LogP contribution in [-0.4, -0.2) is 4.57 Å². The van der Waals surface area contributed by atoms with Gasteiger partial charge in [-0.15, -0.1) is 0 Å². The molecule has 106 valence electrons. The number of benzene rings is 1. The maximum absolute atomic E-state index is 12.5. The predicted molar refractivity (Wildman–Crippen MR) is 88.7 cm³/mol. The van der Waals surface area contributed by atoms with Crippen LogP contribution in [0, 0.1) is 5.92 Å². The molecular weight excluding hydrogens is 290 g/mol. The van der Waals surface area contributed by atoms with Gasteiger partial charge in [-0.3, -0.25) is 4.79 Å². The molecule has 2 nitrogen and oxygen atoms in total. The normalized spacial score (nSPS) is 11.1. The molecule has 0 amide bonds. The van der Waals surface area contributed by atoms with Gasteiger partial charge in [0.05, 0.1) is 5.69 Å². The van der Waals surface area contributed by atoms with Crippen LogP contribution in [0.1, 0.15) is 19.4 Å². The van der Waals surface area contributed by atoms with Crippen molar-refractivity contribution in [3.63, 3.8) is 0 Å². The number of aromatic nitrogens is 1. The lowest BCUT2D eigenvalue weighted by Crippen LogP contribution is -2.26. The van der Waals surface area contributed by atoms with Gasteiger partial charge in [-0.1, -0.05) is 43.6 Å². The Morgan fingerprint density at radius 1 is 1.15 bits per heavy atom. The Bertz CT molecular complexity index is 647. The van der Waals surface area contributed by atoms with Crippen LogP contribution in [0.25, 0.3) is 11.3 Å². The van der Waals surface area contributed by atoms with E-state index >= 15 is 0 Å². The SMILES string of the molecule is CC(C)Cn1c(-c2ccc(Cl)cc2)ccc(CS)c1=O. The number of thiol groups is 1. The predicted octanol–water partition coefficient (Wildman–Crippen LogP) is 4.25. The molecule has 0 aliphatic heterocycles. The van der Waals surface area contributed by atoms with Gasteiger partial charge in [0.2, 0.25) is 0 Å². The van der Waals surface area contributed by atoms with Crippen LogP contribution in [0.4, 0.5) is 0 Å². The van der Waals surface area contributed by atoms with Crippen molar-refractivity contribution >= 4 is 24.2 Å². The number of nitrogens with zero attached hydrogens (tertiary/aromatic N) is 1. The van der Waals surface area contributed by atoms with Crippen molar-refractivity contribution in [3.8, 4) is 11.3 Å². The largest absolute Gasteiger partial charge is 0.308 e. The summed E-state index contributed by atoms with van der Waals surface area (Å²) in [5.41, 5.74) is 2.69. The lowest BCUT2D eigenvalue weighted by molar-refractivity contribution is 0.513. The van der Waals surface area contributed by atoms with Crippen LogP contribution in [0.3, 0.4) is 0 Å². The maximum Gasteiger partial charge on any atom is 0.255 e. The second-order valence-electron chi connectivity index (χ2n) is 5.22. The first kappa shape index (κ1) is 15.2. The molecule has 0 radical (unpaired) electrons. The van der Waals surface area contributed by atoms with Gasteiger partial charge in [0.25, 0.3) is 5.56 Å². The third-order valence-corrected chi connectivity index (χ3v) is 3.70. The molecule has 0 saturated heterocycles.